The van der Waals surface area contributed by atoms with E-state index < -0.39 is 5.97 Å². The third-order valence-corrected chi connectivity index (χ3v) is 5.50. The number of carbonyl (C=O) groups is 2. The highest BCUT2D eigenvalue weighted by Crippen LogP contribution is 2.26. The lowest BCUT2D eigenvalue weighted by atomic mass is 9.86. The number of carbonyl (C=O) groups excluding carboxylic acids is 2. The van der Waals surface area contributed by atoms with Crippen molar-refractivity contribution in [1.29, 1.82) is 0 Å². The van der Waals surface area contributed by atoms with Gasteiger partial charge in [-0.15, -0.1) is 0 Å². The van der Waals surface area contributed by atoms with Gasteiger partial charge in [-0.1, -0.05) is 38.0 Å². The van der Waals surface area contributed by atoms with Crippen molar-refractivity contribution in [2.75, 3.05) is 6.61 Å². The highest BCUT2D eigenvalue weighted by atomic mass is 16.5. The number of hydrogen-bond acceptors (Lipinski definition) is 5. The molecule has 1 fully saturated rings. The molecule has 2 atom stereocenters. The molecule has 150 valence electrons. The molecule has 0 spiro atoms. The summed E-state index contributed by atoms with van der Waals surface area (Å²) < 4.78 is 10.8. The Hall–Kier alpha value is -3.15. The van der Waals surface area contributed by atoms with Crippen molar-refractivity contribution < 1.29 is 18.7 Å². The molecule has 29 heavy (non-hydrogen) atoms. The van der Waals surface area contributed by atoms with E-state index in [4.69, 9.17) is 9.15 Å². The van der Waals surface area contributed by atoms with Crippen LogP contribution in [-0.2, 0) is 9.53 Å². The van der Waals surface area contributed by atoms with E-state index in [1.165, 1.54) is 6.42 Å². The molecule has 0 radical (unpaired) electrons. The van der Waals surface area contributed by atoms with Crippen molar-refractivity contribution in [1.82, 2.24) is 10.3 Å². The highest BCUT2D eigenvalue weighted by molar-refractivity contribution is 6.05. The Kier molecular flexibility index (Phi) is 5.60. The number of furan rings is 1. The number of ether oxygens (including phenoxy) is 1. The lowest BCUT2D eigenvalue weighted by Crippen LogP contribution is -2.42. The number of para-hydroxylation sites is 1. The van der Waals surface area contributed by atoms with Crippen LogP contribution >= 0.6 is 0 Å². The van der Waals surface area contributed by atoms with Gasteiger partial charge >= 0.3 is 5.97 Å². The first kappa shape index (κ1) is 19.2. The second kappa shape index (κ2) is 8.47. The molecule has 1 N–H and O–H groups in total. The number of amides is 1. The summed E-state index contributed by atoms with van der Waals surface area (Å²) in [7, 11) is 0. The van der Waals surface area contributed by atoms with Gasteiger partial charge in [0.2, 0.25) is 0 Å². The maximum atomic E-state index is 12.8. The van der Waals surface area contributed by atoms with Crippen LogP contribution in [0.3, 0.4) is 0 Å². The smallest absolute Gasteiger partial charge is 0.339 e. The summed E-state index contributed by atoms with van der Waals surface area (Å²) in [5, 5.41) is 3.68. The predicted octanol–water partition coefficient (Wildman–Crippen LogP) is 4.35. The first-order valence-electron chi connectivity index (χ1n) is 10.0. The van der Waals surface area contributed by atoms with E-state index in [0.29, 0.717) is 33.8 Å². The van der Waals surface area contributed by atoms with Gasteiger partial charge in [-0.3, -0.25) is 4.79 Å². The van der Waals surface area contributed by atoms with E-state index in [9.17, 15) is 9.59 Å². The number of esters is 1. The quantitative estimate of drug-likeness (QED) is 0.653. The van der Waals surface area contributed by atoms with Gasteiger partial charge in [0.05, 0.1) is 17.3 Å². The Morgan fingerprint density at radius 3 is 2.79 bits per heavy atom. The third-order valence-electron chi connectivity index (χ3n) is 5.50. The van der Waals surface area contributed by atoms with Crippen molar-refractivity contribution in [2.24, 2.45) is 5.92 Å². The van der Waals surface area contributed by atoms with Crippen LogP contribution in [0.5, 0.6) is 0 Å². The molecule has 1 aliphatic rings. The van der Waals surface area contributed by atoms with E-state index in [2.05, 4.69) is 17.2 Å². The lowest BCUT2D eigenvalue weighted by Gasteiger charge is -2.29. The fourth-order valence-corrected chi connectivity index (χ4v) is 3.88. The standard InChI is InChI=1S/C23H24N2O4/c1-15-7-2-4-9-18(15)25-22(26)14-29-23(27)17-13-20(21-11-6-12-28-21)24-19-10-5-3-8-16(17)19/h3,5-6,8,10-13,15,18H,2,4,7,9,14H2,1H3,(H,25,26). The number of nitrogens with one attached hydrogen (secondary N) is 1. The number of benzene rings is 1. The molecule has 0 bridgehead atoms. The average Bonchev–Trinajstić information content (AvgIpc) is 3.28. The molecule has 2 heterocycles. The molecule has 2 aromatic heterocycles. The van der Waals surface area contributed by atoms with Gasteiger partial charge < -0.3 is 14.5 Å². The van der Waals surface area contributed by atoms with Crippen LogP contribution in [0.2, 0.25) is 0 Å². The number of hydrogen-bond donors (Lipinski definition) is 1. The Bertz CT molecular complexity index is 1010. The minimum Gasteiger partial charge on any atom is -0.463 e. The Morgan fingerprint density at radius 2 is 2.00 bits per heavy atom. The summed E-state index contributed by atoms with van der Waals surface area (Å²) in [6, 6.07) is 12.7. The predicted molar refractivity (Wildman–Crippen MR) is 109 cm³/mol. The SMILES string of the molecule is CC1CCCCC1NC(=O)COC(=O)c1cc(-c2ccco2)nc2ccccc12. The summed E-state index contributed by atoms with van der Waals surface area (Å²) in [4.78, 5) is 29.6. The van der Waals surface area contributed by atoms with Crippen molar-refractivity contribution in [3.8, 4) is 11.5 Å². The molecule has 1 aliphatic carbocycles. The van der Waals surface area contributed by atoms with E-state index in [1.54, 1.807) is 24.5 Å². The monoisotopic (exact) mass is 392 g/mol. The topological polar surface area (TPSA) is 81.4 Å². The molecular formula is C23H24N2O4. The van der Waals surface area contributed by atoms with Crippen LogP contribution in [0.4, 0.5) is 0 Å². The van der Waals surface area contributed by atoms with Gasteiger partial charge in [-0.2, -0.15) is 0 Å². The molecule has 6 heteroatoms. The minimum atomic E-state index is -0.553. The second-order valence-corrected chi connectivity index (χ2v) is 7.56. The maximum Gasteiger partial charge on any atom is 0.339 e. The number of rotatable bonds is 5. The van der Waals surface area contributed by atoms with Gasteiger partial charge in [-0.05, 0) is 43.0 Å². The Morgan fingerprint density at radius 1 is 1.17 bits per heavy atom. The molecule has 4 rings (SSSR count). The molecule has 1 aromatic carbocycles. The maximum absolute atomic E-state index is 12.8. The number of aromatic nitrogens is 1. The van der Waals surface area contributed by atoms with Gasteiger partial charge in [0.25, 0.3) is 5.91 Å². The first-order valence-corrected chi connectivity index (χ1v) is 10.0. The number of nitrogens with zero attached hydrogens (tertiary/aromatic N) is 1. The highest BCUT2D eigenvalue weighted by Gasteiger charge is 2.23. The number of pyridine rings is 1. The van der Waals surface area contributed by atoms with Crippen LogP contribution < -0.4 is 5.32 Å². The van der Waals surface area contributed by atoms with Crippen molar-refractivity contribution >= 4 is 22.8 Å². The second-order valence-electron chi connectivity index (χ2n) is 7.56. The molecule has 0 aliphatic heterocycles. The Balaban J connectivity index is 1.50. The summed E-state index contributed by atoms with van der Waals surface area (Å²) >= 11 is 0. The lowest BCUT2D eigenvalue weighted by molar-refractivity contribution is -0.125. The zero-order valence-corrected chi connectivity index (χ0v) is 16.4. The zero-order chi connectivity index (χ0) is 20.2. The summed E-state index contributed by atoms with van der Waals surface area (Å²) in [6.45, 7) is 1.85. The molecule has 1 amide bonds. The average molecular weight is 392 g/mol. The van der Waals surface area contributed by atoms with Gasteiger partial charge in [0.15, 0.2) is 12.4 Å². The molecule has 3 aromatic rings. The molecular weight excluding hydrogens is 368 g/mol. The van der Waals surface area contributed by atoms with Gasteiger partial charge in [0, 0.05) is 11.4 Å². The van der Waals surface area contributed by atoms with Crippen LogP contribution in [0.1, 0.15) is 43.0 Å². The van der Waals surface area contributed by atoms with Crippen LogP contribution in [0, 0.1) is 5.92 Å². The minimum absolute atomic E-state index is 0.155. The summed E-state index contributed by atoms with van der Waals surface area (Å²) in [6.07, 6.45) is 5.97. The van der Waals surface area contributed by atoms with Crippen LogP contribution in [0.15, 0.2) is 53.1 Å². The van der Waals surface area contributed by atoms with Crippen LogP contribution in [0.25, 0.3) is 22.4 Å². The number of fused-ring (bicyclic) bond motifs is 1. The molecule has 2 unspecified atom stereocenters. The molecule has 0 saturated heterocycles. The third kappa shape index (κ3) is 4.31. The van der Waals surface area contributed by atoms with Gasteiger partial charge in [-0.25, -0.2) is 9.78 Å². The van der Waals surface area contributed by atoms with E-state index in [1.807, 2.05) is 24.3 Å². The van der Waals surface area contributed by atoms with Crippen molar-refractivity contribution in [3.63, 3.8) is 0 Å². The fourth-order valence-electron chi connectivity index (χ4n) is 3.88. The van der Waals surface area contributed by atoms with Crippen molar-refractivity contribution in [2.45, 2.75) is 38.6 Å². The molecule has 1 saturated carbocycles. The Labute approximate surface area is 169 Å². The van der Waals surface area contributed by atoms with E-state index in [0.717, 1.165) is 19.3 Å². The normalized spacial score (nSPS) is 19.1. The van der Waals surface area contributed by atoms with Crippen molar-refractivity contribution in [3.05, 3.63) is 54.3 Å². The zero-order valence-electron chi connectivity index (χ0n) is 16.4. The van der Waals surface area contributed by atoms with Crippen LogP contribution in [-0.4, -0.2) is 29.5 Å². The largest absolute Gasteiger partial charge is 0.463 e. The molecule has 6 nitrogen and oxygen atoms in total. The van der Waals surface area contributed by atoms with Gasteiger partial charge in [0.1, 0.15) is 5.69 Å². The first-order chi connectivity index (χ1) is 14.1. The van der Waals surface area contributed by atoms with E-state index in [-0.39, 0.29) is 18.6 Å². The van der Waals surface area contributed by atoms with E-state index >= 15 is 0 Å². The summed E-state index contributed by atoms with van der Waals surface area (Å²) in [5.41, 5.74) is 1.57. The fraction of sp³-hybridized carbons (Fsp3) is 0.348. The summed E-state index contributed by atoms with van der Waals surface area (Å²) in [5.74, 6) is 0.196.